The maximum Gasteiger partial charge on any atom is 0.0860 e. The zero-order chi connectivity index (χ0) is 15.4. The summed E-state index contributed by atoms with van der Waals surface area (Å²) >= 11 is 0. The Morgan fingerprint density at radius 3 is 2.23 bits per heavy atom. The molecule has 1 aliphatic rings. The Labute approximate surface area is 137 Å². The van der Waals surface area contributed by atoms with Crippen molar-refractivity contribution < 1.29 is 0 Å². The molecule has 0 unspecified atom stereocenters. The molecule has 3 rings (SSSR count). The molecule has 0 spiro atoms. The summed E-state index contributed by atoms with van der Waals surface area (Å²) in [5.74, 6) is 0. The number of hydrogen-bond donors (Lipinski definition) is 0. The maximum atomic E-state index is 2.45. The van der Waals surface area contributed by atoms with Gasteiger partial charge in [0.05, 0.1) is 8.80 Å². The summed E-state index contributed by atoms with van der Waals surface area (Å²) in [5, 5.41) is 1.74. The van der Waals surface area contributed by atoms with E-state index in [1.807, 2.05) is 0 Å². The number of hydrogen-bond acceptors (Lipinski definition) is 0. The lowest BCUT2D eigenvalue weighted by Crippen LogP contribution is -2.32. The Morgan fingerprint density at radius 1 is 0.818 bits per heavy atom. The largest absolute Gasteiger partial charge is 0.0860 e. The fourth-order valence-corrected chi connectivity index (χ4v) is 6.99. The Bertz CT molecular complexity index is 622. The lowest BCUT2D eigenvalue weighted by Gasteiger charge is -2.18. The molecule has 0 aromatic heterocycles. The van der Waals surface area contributed by atoms with Gasteiger partial charge in [-0.1, -0.05) is 99.3 Å². The smallest absolute Gasteiger partial charge is 0.0654 e. The predicted octanol–water partition coefficient (Wildman–Crippen LogP) is 5.56. The molecule has 0 heterocycles. The van der Waals surface area contributed by atoms with Gasteiger partial charge in [-0.05, 0) is 28.7 Å². The van der Waals surface area contributed by atoms with E-state index in [4.69, 9.17) is 0 Å². The molecule has 0 saturated carbocycles. The van der Waals surface area contributed by atoms with Crippen LogP contribution in [0.3, 0.4) is 0 Å². The van der Waals surface area contributed by atoms with Crippen LogP contribution in [0.25, 0.3) is 11.1 Å². The van der Waals surface area contributed by atoms with E-state index in [0.29, 0.717) is 0 Å². The molecule has 0 amide bonds. The Balaban J connectivity index is 1.94. The molecular formula is C21H27Si. The molecule has 0 N–H and O–H groups in total. The zero-order valence-corrected chi connectivity index (χ0v) is 15.0. The van der Waals surface area contributed by atoms with Gasteiger partial charge in [0.25, 0.3) is 0 Å². The van der Waals surface area contributed by atoms with Crippen LogP contribution in [0.5, 0.6) is 0 Å². The van der Waals surface area contributed by atoms with Crippen LogP contribution in [0.2, 0.25) is 12.1 Å². The van der Waals surface area contributed by atoms with Crippen molar-refractivity contribution in [1.29, 1.82) is 0 Å². The highest BCUT2D eigenvalue weighted by Crippen LogP contribution is 2.35. The first-order chi connectivity index (χ1) is 10.8. The maximum absolute atomic E-state index is 2.45. The van der Waals surface area contributed by atoms with Crippen LogP contribution in [0.15, 0.2) is 42.5 Å². The molecule has 0 bridgehead atoms. The van der Waals surface area contributed by atoms with Crippen molar-refractivity contribution in [2.45, 2.75) is 58.0 Å². The van der Waals surface area contributed by atoms with Crippen molar-refractivity contribution in [3.63, 3.8) is 0 Å². The lowest BCUT2D eigenvalue weighted by molar-refractivity contribution is 0.845. The first kappa shape index (κ1) is 15.5. The third-order valence-corrected chi connectivity index (χ3v) is 8.04. The molecule has 1 heteroatoms. The van der Waals surface area contributed by atoms with E-state index >= 15 is 0 Å². The summed E-state index contributed by atoms with van der Waals surface area (Å²) in [4.78, 5) is 0. The van der Waals surface area contributed by atoms with Gasteiger partial charge in [0.2, 0.25) is 0 Å². The minimum absolute atomic E-state index is 0.388. The van der Waals surface area contributed by atoms with Crippen molar-refractivity contribution in [2.24, 2.45) is 0 Å². The van der Waals surface area contributed by atoms with E-state index in [0.717, 1.165) is 6.42 Å². The molecule has 22 heavy (non-hydrogen) atoms. The highest BCUT2D eigenvalue weighted by atomic mass is 28.3. The van der Waals surface area contributed by atoms with E-state index in [-0.39, 0.29) is 8.80 Å². The van der Waals surface area contributed by atoms with Gasteiger partial charge in [-0.2, -0.15) is 0 Å². The molecule has 115 valence electrons. The fourth-order valence-electron chi connectivity index (χ4n) is 3.66. The van der Waals surface area contributed by atoms with Crippen LogP contribution in [-0.4, -0.2) is 8.80 Å². The minimum Gasteiger partial charge on any atom is -0.0654 e. The monoisotopic (exact) mass is 307 g/mol. The van der Waals surface area contributed by atoms with Crippen molar-refractivity contribution in [3.8, 4) is 11.1 Å². The summed E-state index contributed by atoms with van der Waals surface area (Å²) in [6.07, 6.45) is 6.61. The van der Waals surface area contributed by atoms with Crippen molar-refractivity contribution in [2.75, 3.05) is 0 Å². The summed E-state index contributed by atoms with van der Waals surface area (Å²) in [6, 6.07) is 19.0. The Kier molecular flexibility index (Phi) is 5.15. The highest BCUT2D eigenvalue weighted by molar-refractivity contribution is 6.73. The third kappa shape index (κ3) is 3.05. The van der Waals surface area contributed by atoms with E-state index in [1.54, 1.807) is 10.8 Å². The normalized spacial score (nSPS) is 12.5. The summed E-state index contributed by atoms with van der Waals surface area (Å²) in [7, 11) is -0.388. The Morgan fingerprint density at radius 2 is 1.50 bits per heavy atom. The predicted molar refractivity (Wildman–Crippen MR) is 99.5 cm³/mol. The fraction of sp³-hybridized carbons (Fsp3) is 0.429. The van der Waals surface area contributed by atoms with E-state index < -0.39 is 0 Å². The average Bonchev–Trinajstić information content (AvgIpc) is 2.94. The van der Waals surface area contributed by atoms with Gasteiger partial charge in [-0.3, -0.25) is 0 Å². The zero-order valence-electron chi connectivity index (χ0n) is 14.0. The standard InChI is InChI=1S/C21H27Si/c1-3-5-14-22(15-6-4-2)21-13-9-12-19-18-11-8-7-10-17(18)16-20(19)21/h7-13H,3-6,14-16H2,1-2H3. The second-order valence-corrected chi connectivity index (χ2v) is 9.22. The van der Waals surface area contributed by atoms with Crippen LogP contribution in [0.4, 0.5) is 0 Å². The topological polar surface area (TPSA) is 0 Å². The van der Waals surface area contributed by atoms with Crippen molar-refractivity contribution in [1.82, 2.24) is 0 Å². The highest BCUT2D eigenvalue weighted by Gasteiger charge is 2.24. The number of benzene rings is 2. The molecule has 0 fully saturated rings. The minimum atomic E-state index is -0.388. The molecule has 0 nitrogen and oxygen atoms in total. The molecule has 0 saturated heterocycles. The third-order valence-electron chi connectivity index (χ3n) is 4.90. The number of fused-ring (bicyclic) bond motifs is 3. The molecule has 1 radical (unpaired) electrons. The first-order valence-electron chi connectivity index (χ1n) is 8.90. The van der Waals surface area contributed by atoms with Gasteiger partial charge >= 0.3 is 0 Å². The average molecular weight is 308 g/mol. The number of unbranched alkanes of at least 4 members (excludes halogenated alkanes) is 2. The number of rotatable bonds is 7. The van der Waals surface area contributed by atoms with Crippen molar-refractivity contribution in [3.05, 3.63) is 53.6 Å². The summed E-state index contributed by atoms with van der Waals surface area (Å²) in [6.45, 7) is 4.65. The molecule has 2 aromatic rings. The van der Waals surface area contributed by atoms with Crippen LogP contribution < -0.4 is 5.19 Å². The van der Waals surface area contributed by atoms with Gasteiger partial charge in [0.1, 0.15) is 0 Å². The molecule has 0 atom stereocenters. The molecule has 1 aliphatic carbocycles. The Hall–Kier alpha value is -1.34. The second-order valence-electron chi connectivity index (χ2n) is 6.48. The van der Waals surface area contributed by atoms with Crippen LogP contribution in [-0.2, 0) is 6.42 Å². The quantitative estimate of drug-likeness (QED) is 0.501. The van der Waals surface area contributed by atoms with Gasteiger partial charge in [-0.15, -0.1) is 0 Å². The van der Waals surface area contributed by atoms with Gasteiger partial charge < -0.3 is 0 Å². The SMILES string of the molecule is CCCC[Si](CCCC)c1cccc2c1Cc1ccccc1-2. The second kappa shape index (κ2) is 7.28. The summed E-state index contributed by atoms with van der Waals surface area (Å²) in [5.41, 5.74) is 6.18. The molecular weight excluding hydrogens is 280 g/mol. The van der Waals surface area contributed by atoms with E-state index in [1.165, 1.54) is 54.5 Å². The van der Waals surface area contributed by atoms with Crippen molar-refractivity contribution >= 4 is 14.0 Å². The van der Waals surface area contributed by atoms with Crippen LogP contribution >= 0.6 is 0 Å². The van der Waals surface area contributed by atoms with Crippen LogP contribution in [0, 0.1) is 0 Å². The van der Waals surface area contributed by atoms with Gasteiger partial charge in [0.15, 0.2) is 0 Å². The first-order valence-corrected chi connectivity index (χ1v) is 10.8. The van der Waals surface area contributed by atoms with Gasteiger partial charge in [0, 0.05) is 0 Å². The van der Waals surface area contributed by atoms with Crippen LogP contribution in [0.1, 0.15) is 50.7 Å². The summed E-state index contributed by atoms with van der Waals surface area (Å²) < 4.78 is 0. The van der Waals surface area contributed by atoms with E-state index in [2.05, 4.69) is 56.3 Å². The molecule has 2 aromatic carbocycles. The lowest BCUT2D eigenvalue weighted by atomic mass is 10.1. The van der Waals surface area contributed by atoms with Gasteiger partial charge in [-0.25, -0.2) is 0 Å². The molecule has 0 aliphatic heterocycles. The van der Waals surface area contributed by atoms with E-state index in [9.17, 15) is 0 Å².